The Morgan fingerprint density at radius 2 is 1.96 bits per heavy atom. The highest BCUT2D eigenvalue weighted by Crippen LogP contribution is 2.31. The van der Waals surface area contributed by atoms with Crippen molar-refractivity contribution in [1.29, 1.82) is 0 Å². The first-order valence-corrected chi connectivity index (χ1v) is 7.44. The molecule has 0 radical (unpaired) electrons. The molecule has 2 aromatic rings. The van der Waals surface area contributed by atoms with Gasteiger partial charge in [0.05, 0.1) is 22.8 Å². The monoisotopic (exact) mass is 316 g/mol. The van der Waals surface area contributed by atoms with Crippen LogP contribution in [-0.4, -0.2) is 24.1 Å². The summed E-state index contributed by atoms with van der Waals surface area (Å²) in [5, 5.41) is 10.7. The van der Waals surface area contributed by atoms with Crippen molar-refractivity contribution < 1.29 is 14.1 Å². The van der Waals surface area contributed by atoms with Crippen LogP contribution in [0.25, 0.3) is 0 Å². The zero-order chi connectivity index (χ0) is 16.4. The van der Waals surface area contributed by atoms with Gasteiger partial charge in [-0.3, -0.25) is 10.1 Å². The normalized spacial score (nSPS) is 21.2. The van der Waals surface area contributed by atoms with Crippen molar-refractivity contribution in [3.05, 3.63) is 70.0 Å². The zero-order valence-electron chi connectivity index (χ0n) is 12.7. The van der Waals surface area contributed by atoms with E-state index in [4.69, 9.17) is 4.74 Å². The van der Waals surface area contributed by atoms with Gasteiger partial charge in [0, 0.05) is 19.2 Å². The lowest BCUT2D eigenvalue weighted by Crippen LogP contribution is -2.43. The van der Waals surface area contributed by atoms with Gasteiger partial charge < -0.3 is 9.64 Å². The lowest BCUT2D eigenvalue weighted by Gasteiger charge is -2.38. The molecule has 1 fully saturated rings. The van der Waals surface area contributed by atoms with Gasteiger partial charge in [-0.25, -0.2) is 4.39 Å². The van der Waals surface area contributed by atoms with E-state index in [1.165, 1.54) is 12.1 Å². The van der Waals surface area contributed by atoms with Gasteiger partial charge in [-0.2, -0.15) is 0 Å². The van der Waals surface area contributed by atoms with Crippen molar-refractivity contribution in [3.8, 4) is 0 Å². The van der Waals surface area contributed by atoms with Crippen LogP contribution in [0.2, 0.25) is 0 Å². The van der Waals surface area contributed by atoms with Crippen LogP contribution < -0.4 is 4.90 Å². The Bertz CT molecular complexity index is 708. The molecule has 1 aliphatic heterocycles. The van der Waals surface area contributed by atoms with Gasteiger partial charge in [0.25, 0.3) is 5.69 Å². The number of non-ortho nitro benzene ring substituents is 1. The molecule has 2 aromatic carbocycles. The Kier molecular flexibility index (Phi) is 4.25. The molecule has 0 amide bonds. The first kappa shape index (κ1) is 15.4. The molecular weight excluding hydrogens is 299 g/mol. The molecule has 5 nitrogen and oxygen atoms in total. The van der Waals surface area contributed by atoms with Crippen LogP contribution in [0.5, 0.6) is 0 Å². The average molecular weight is 316 g/mol. The van der Waals surface area contributed by atoms with Gasteiger partial charge in [0.15, 0.2) is 5.82 Å². The summed E-state index contributed by atoms with van der Waals surface area (Å²) in [4.78, 5) is 12.0. The quantitative estimate of drug-likeness (QED) is 0.640. The van der Waals surface area contributed by atoms with E-state index in [1.807, 2.05) is 42.2 Å². The fraction of sp³-hybridized carbons (Fsp3) is 0.294. The number of rotatable bonds is 3. The summed E-state index contributed by atoms with van der Waals surface area (Å²) in [7, 11) is 0. The molecule has 2 atom stereocenters. The third-order valence-corrected chi connectivity index (χ3v) is 3.91. The zero-order valence-corrected chi connectivity index (χ0v) is 12.7. The van der Waals surface area contributed by atoms with Crippen LogP contribution in [0.1, 0.15) is 18.6 Å². The average Bonchev–Trinajstić information content (AvgIpc) is 2.55. The van der Waals surface area contributed by atoms with Gasteiger partial charge in [-0.05, 0) is 18.6 Å². The van der Waals surface area contributed by atoms with Crippen molar-refractivity contribution in [1.82, 2.24) is 0 Å². The molecule has 1 heterocycles. The minimum absolute atomic E-state index is 0.0662. The number of morpholine rings is 1. The first-order chi connectivity index (χ1) is 11.0. The molecule has 0 N–H and O–H groups in total. The van der Waals surface area contributed by atoms with E-state index < -0.39 is 10.7 Å². The van der Waals surface area contributed by atoms with Crippen LogP contribution in [0.4, 0.5) is 15.8 Å². The number of halogens is 1. The molecule has 2 unspecified atom stereocenters. The maximum atomic E-state index is 14.3. The molecule has 0 saturated carbocycles. The van der Waals surface area contributed by atoms with E-state index in [2.05, 4.69) is 0 Å². The lowest BCUT2D eigenvalue weighted by atomic mass is 10.1. The maximum absolute atomic E-state index is 14.3. The van der Waals surface area contributed by atoms with Crippen LogP contribution in [0, 0.1) is 15.9 Å². The Balaban J connectivity index is 1.86. The van der Waals surface area contributed by atoms with Gasteiger partial charge in [-0.1, -0.05) is 30.3 Å². The van der Waals surface area contributed by atoms with E-state index >= 15 is 0 Å². The van der Waals surface area contributed by atoms with E-state index in [1.54, 1.807) is 0 Å². The third-order valence-electron chi connectivity index (χ3n) is 3.91. The molecule has 120 valence electrons. The molecule has 6 heteroatoms. The SMILES string of the molecule is CC1CN(c2ccc([N+](=O)[O-])cc2F)CC(c2ccccc2)O1. The van der Waals surface area contributed by atoms with Crippen LogP contribution in [0.15, 0.2) is 48.5 Å². The molecule has 0 aliphatic carbocycles. The Hall–Kier alpha value is -2.47. The second-order valence-electron chi connectivity index (χ2n) is 5.64. The molecule has 1 aliphatic rings. The predicted molar refractivity (Wildman–Crippen MR) is 85.0 cm³/mol. The number of nitro groups is 1. The van der Waals surface area contributed by atoms with Crippen LogP contribution >= 0.6 is 0 Å². The molecule has 23 heavy (non-hydrogen) atoms. The minimum atomic E-state index is -0.596. The van der Waals surface area contributed by atoms with Crippen molar-refractivity contribution in [3.63, 3.8) is 0 Å². The number of nitro benzene ring substituents is 1. The summed E-state index contributed by atoms with van der Waals surface area (Å²) in [6.45, 7) is 2.98. The highest BCUT2D eigenvalue weighted by Gasteiger charge is 2.28. The topological polar surface area (TPSA) is 55.6 Å². The third kappa shape index (κ3) is 3.32. The van der Waals surface area contributed by atoms with Crippen LogP contribution in [0.3, 0.4) is 0 Å². The Labute approximate surface area is 133 Å². The summed E-state index contributed by atoms with van der Waals surface area (Å²) >= 11 is 0. The summed E-state index contributed by atoms with van der Waals surface area (Å²) in [5.74, 6) is -0.583. The number of ether oxygens (including phenoxy) is 1. The summed E-state index contributed by atoms with van der Waals surface area (Å²) in [5.41, 5.74) is 1.16. The molecular formula is C17H17FN2O3. The summed E-state index contributed by atoms with van der Waals surface area (Å²) < 4.78 is 20.2. The van der Waals surface area contributed by atoms with Crippen molar-refractivity contribution >= 4 is 11.4 Å². The highest BCUT2D eigenvalue weighted by molar-refractivity contribution is 5.53. The smallest absolute Gasteiger partial charge is 0.272 e. The predicted octanol–water partition coefficient (Wildman–Crippen LogP) is 3.70. The molecule has 0 bridgehead atoms. The lowest BCUT2D eigenvalue weighted by molar-refractivity contribution is -0.385. The van der Waals surface area contributed by atoms with Gasteiger partial charge in [0.2, 0.25) is 0 Å². The summed E-state index contributed by atoms with van der Waals surface area (Å²) in [6, 6.07) is 13.5. The van der Waals surface area contributed by atoms with E-state index in [-0.39, 0.29) is 17.9 Å². The second-order valence-corrected chi connectivity index (χ2v) is 5.64. The van der Waals surface area contributed by atoms with E-state index in [0.29, 0.717) is 18.8 Å². The first-order valence-electron chi connectivity index (χ1n) is 7.44. The maximum Gasteiger partial charge on any atom is 0.272 e. The Morgan fingerprint density at radius 1 is 1.22 bits per heavy atom. The summed E-state index contributed by atoms with van der Waals surface area (Å²) in [6.07, 6.45) is -0.224. The van der Waals surface area contributed by atoms with E-state index in [0.717, 1.165) is 11.6 Å². The van der Waals surface area contributed by atoms with Crippen molar-refractivity contribution in [2.24, 2.45) is 0 Å². The molecule has 0 spiro atoms. The largest absolute Gasteiger partial charge is 0.367 e. The Morgan fingerprint density at radius 3 is 2.61 bits per heavy atom. The molecule has 0 aromatic heterocycles. The fourth-order valence-corrected chi connectivity index (χ4v) is 2.87. The highest BCUT2D eigenvalue weighted by atomic mass is 19.1. The number of nitrogens with zero attached hydrogens (tertiary/aromatic N) is 2. The number of anilines is 1. The van der Waals surface area contributed by atoms with Crippen LogP contribution in [-0.2, 0) is 4.74 Å². The van der Waals surface area contributed by atoms with Crippen molar-refractivity contribution in [2.45, 2.75) is 19.1 Å². The van der Waals surface area contributed by atoms with E-state index in [9.17, 15) is 14.5 Å². The molecule has 1 saturated heterocycles. The minimum Gasteiger partial charge on any atom is -0.367 e. The second kappa shape index (κ2) is 6.34. The van der Waals surface area contributed by atoms with Gasteiger partial charge in [0.1, 0.15) is 6.10 Å². The van der Waals surface area contributed by atoms with Crippen molar-refractivity contribution in [2.75, 3.05) is 18.0 Å². The number of hydrogen-bond acceptors (Lipinski definition) is 4. The number of benzene rings is 2. The standard InChI is InChI=1S/C17H17FN2O3/c1-12-10-19(11-17(23-12)13-5-3-2-4-6-13)16-8-7-14(20(21)22)9-15(16)18/h2-9,12,17H,10-11H2,1H3. The van der Waals surface area contributed by atoms with Gasteiger partial charge >= 0.3 is 0 Å². The number of hydrogen-bond donors (Lipinski definition) is 0. The molecule has 3 rings (SSSR count). The van der Waals surface area contributed by atoms with Gasteiger partial charge in [-0.15, -0.1) is 0 Å². The fourth-order valence-electron chi connectivity index (χ4n) is 2.87.